The number of rotatable bonds is 9. The number of esters is 1. The molecule has 0 N–H and O–H groups in total. The van der Waals surface area contributed by atoms with E-state index in [-0.39, 0.29) is 12.0 Å². The van der Waals surface area contributed by atoms with E-state index in [4.69, 9.17) is 13.9 Å². The molecule has 0 saturated heterocycles. The minimum absolute atomic E-state index is 0.165. The summed E-state index contributed by atoms with van der Waals surface area (Å²) in [6.07, 6.45) is 1.28. The zero-order valence-electron chi connectivity index (χ0n) is 21.4. The second kappa shape index (κ2) is 11.4. The molecule has 0 unspecified atom stereocenters. The Morgan fingerprint density at radius 2 is 1.78 bits per heavy atom. The van der Waals surface area contributed by atoms with Gasteiger partial charge in [-0.1, -0.05) is 54.6 Å². The van der Waals surface area contributed by atoms with Crippen LogP contribution in [0.1, 0.15) is 35.1 Å². The standard InChI is InChI=1S/C31H32N2O4/c1-3-35-31(34)29-19-25-14-15-27(18-26(25)21-33(29)20-23-10-6-4-7-11-23)36-17-16-28-22(2)37-30(32-28)24-12-8-5-9-13-24/h4-15,18,29H,3,16-17,19-21H2,1-2H3/t29-/m0/s1. The Hall–Kier alpha value is -3.90. The van der Waals surface area contributed by atoms with Crippen LogP contribution in [0.4, 0.5) is 0 Å². The monoisotopic (exact) mass is 496 g/mol. The average molecular weight is 497 g/mol. The molecule has 2 heterocycles. The number of oxazole rings is 1. The SMILES string of the molecule is CCOC(=O)[C@@H]1Cc2ccc(OCCc3nc(-c4ccccc4)oc3C)cc2CN1Cc1ccccc1. The van der Waals surface area contributed by atoms with Crippen molar-refractivity contribution in [3.63, 3.8) is 0 Å². The summed E-state index contributed by atoms with van der Waals surface area (Å²) in [5.74, 6) is 2.10. The number of aromatic nitrogens is 1. The van der Waals surface area contributed by atoms with Gasteiger partial charge in [0, 0.05) is 25.1 Å². The van der Waals surface area contributed by atoms with Crippen molar-refractivity contribution in [1.29, 1.82) is 0 Å². The molecule has 1 aliphatic heterocycles. The summed E-state index contributed by atoms with van der Waals surface area (Å²) in [7, 11) is 0. The number of nitrogens with zero attached hydrogens (tertiary/aromatic N) is 2. The fourth-order valence-corrected chi connectivity index (χ4v) is 4.79. The summed E-state index contributed by atoms with van der Waals surface area (Å²) in [5, 5.41) is 0. The fourth-order valence-electron chi connectivity index (χ4n) is 4.79. The maximum absolute atomic E-state index is 12.8. The molecule has 1 aromatic heterocycles. The van der Waals surface area contributed by atoms with E-state index >= 15 is 0 Å². The Bertz CT molecular complexity index is 1330. The molecular formula is C31H32N2O4. The Balaban J connectivity index is 1.26. The van der Waals surface area contributed by atoms with Gasteiger partial charge in [-0.3, -0.25) is 9.69 Å². The number of carbonyl (C=O) groups excluding carboxylic acids is 1. The smallest absolute Gasteiger partial charge is 0.323 e. The third kappa shape index (κ3) is 5.92. The van der Waals surface area contributed by atoms with E-state index in [0.717, 1.165) is 28.3 Å². The number of carbonyl (C=O) groups is 1. The first-order chi connectivity index (χ1) is 18.1. The lowest BCUT2D eigenvalue weighted by Gasteiger charge is -2.35. The highest BCUT2D eigenvalue weighted by Crippen LogP contribution is 2.29. The second-order valence-corrected chi connectivity index (χ2v) is 9.28. The molecule has 4 aromatic rings. The van der Waals surface area contributed by atoms with Crippen molar-refractivity contribution in [2.24, 2.45) is 0 Å². The van der Waals surface area contributed by atoms with Crippen LogP contribution in [0.2, 0.25) is 0 Å². The van der Waals surface area contributed by atoms with Gasteiger partial charge in [0.2, 0.25) is 5.89 Å². The Morgan fingerprint density at radius 3 is 2.54 bits per heavy atom. The molecule has 6 nitrogen and oxygen atoms in total. The van der Waals surface area contributed by atoms with Crippen molar-refractivity contribution in [1.82, 2.24) is 9.88 Å². The van der Waals surface area contributed by atoms with E-state index in [0.29, 0.717) is 45.0 Å². The molecule has 0 amide bonds. The maximum Gasteiger partial charge on any atom is 0.323 e. The number of aryl methyl sites for hydroxylation is 1. The molecule has 3 aromatic carbocycles. The number of hydrogen-bond donors (Lipinski definition) is 0. The summed E-state index contributed by atoms with van der Waals surface area (Å²) in [6, 6.07) is 26.0. The van der Waals surface area contributed by atoms with Crippen molar-refractivity contribution < 1.29 is 18.7 Å². The van der Waals surface area contributed by atoms with Crippen LogP contribution in [0.5, 0.6) is 5.75 Å². The molecule has 0 spiro atoms. The fraction of sp³-hybridized carbons (Fsp3) is 0.290. The van der Waals surface area contributed by atoms with Gasteiger partial charge in [0.15, 0.2) is 0 Å². The van der Waals surface area contributed by atoms with Gasteiger partial charge in [0.05, 0.1) is 18.9 Å². The number of fused-ring (bicyclic) bond motifs is 1. The van der Waals surface area contributed by atoms with Crippen molar-refractivity contribution >= 4 is 5.97 Å². The molecule has 0 bridgehead atoms. The zero-order chi connectivity index (χ0) is 25.6. The van der Waals surface area contributed by atoms with Gasteiger partial charge in [-0.25, -0.2) is 4.98 Å². The Morgan fingerprint density at radius 1 is 1.03 bits per heavy atom. The van der Waals surface area contributed by atoms with Crippen molar-refractivity contribution in [2.45, 2.75) is 45.8 Å². The predicted octanol–water partition coefficient (Wildman–Crippen LogP) is 5.76. The highest BCUT2D eigenvalue weighted by atomic mass is 16.5. The predicted molar refractivity (Wildman–Crippen MR) is 142 cm³/mol. The minimum Gasteiger partial charge on any atom is -0.493 e. The van der Waals surface area contributed by atoms with Gasteiger partial charge in [0.25, 0.3) is 0 Å². The minimum atomic E-state index is -0.298. The summed E-state index contributed by atoms with van der Waals surface area (Å²) >= 11 is 0. The summed E-state index contributed by atoms with van der Waals surface area (Å²) in [4.78, 5) is 19.6. The third-order valence-electron chi connectivity index (χ3n) is 6.71. The summed E-state index contributed by atoms with van der Waals surface area (Å²) < 4.78 is 17.4. The van der Waals surface area contributed by atoms with E-state index in [9.17, 15) is 4.79 Å². The van der Waals surface area contributed by atoms with Crippen LogP contribution < -0.4 is 4.74 Å². The van der Waals surface area contributed by atoms with Gasteiger partial charge in [-0.15, -0.1) is 0 Å². The molecular weight excluding hydrogens is 464 g/mol. The van der Waals surface area contributed by atoms with Crippen LogP contribution in [-0.4, -0.2) is 35.1 Å². The van der Waals surface area contributed by atoms with Gasteiger partial charge in [-0.05, 0) is 61.2 Å². The van der Waals surface area contributed by atoms with E-state index in [1.165, 1.54) is 11.1 Å². The van der Waals surface area contributed by atoms with E-state index in [1.54, 1.807) is 0 Å². The summed E-state index contributed by atoms with van der Waals surface area (Å²) in [5.41, 5.74) is 5.38. The molecule has 6 heteroatoms. The zero-order valence-corrected chi connectivity index (χ0v) is 21.4. The molecule has 1 atom stereocenters. The highest BCUT2D eigenvalue weighted by molar-refractivity contribution is 5.76. The lowest BCUT2D eigenvalue weighted by Crippen LogP contribution is -2.45. The number of benzene rings is 3. The largest absolute Gasteiger partial charge is 0.493 e. The van der Waals surface area contributed by atoms with Crippen LogP contribution in [0.25, 0.3) is 11.5 Å². The average Bonchev–Trinajstić information content (AvgIpc) is 3.29. The van der Waals surface area contributed by atoms with Crippen molar-refractivity contribution in [3.8, 4) is 17.2 Å². The van der Waals surface area contributed by atoms with Gasteiger partial charge in [-0.2, -0.15) is 0 Å². The van der Waals surface area contributed by atoms with E-state index < -0.39 is 0 Å². The Kier molecular flexibility index (Phi) is 7.66. The van der Waals surface area contributed by atoms with Gasteiger partial charge < -0.3 is 13.9 Å². The van der Waals surface area contributed by atoms with E-state index in [1.807, 2.05) is 68.4 Å². The molecule has 190 valence electrons. The van der Waals surface area contributed by atoms with Crippen LogP contribution >= 0.6 is 0 Å². The molecule has 0 radical (unpaired) electrons. The van der Waals surface area contributed by atoms with Gasteiger partial charge in [0.1, 0.15) is 17.6 Å². The highest BCUT2D eigenvalue weighted by Gasteiger charge is 2.32. The van der Waals surface area contributed by atoms with E-state index in [2.05, 4.69) is 34.1 Å². The lowest BCUT2D eigenvalue weighted by atomic mass is 9.93. The van der Waals surface area contributed by atoms with Crippen LogP contribution in [0.3, 0.4) is 0 Å². The quantitative estimate of drug-likeness (QED) is 0.275. The maximum atomic E-state index is 12.8. The number of ether oxygens (including phenoxy) is 2. The van der Waals surface area contributed by atoms with Crippen molar-refractivity contribution in [3.05, 3.63) is 107 Å². The van der Waals surface area contributed by atoms with Crippen LogP contribution in [0.15, 0.2) is 83.3 Å². The van der Waals surface area contributed by atoms with Crippen LogP contribution in [0, 0.1) is 6.92 Å². The summed E-state index contributed by atoms with van der Waals surface area (Å²) in [6.45, 7) is 6.02. The first-order valence-electron chi connectivity index (χ1n) is 12.8. The number of hydrogen-bond acceptors (Lipinski definition) is 6. The molecule has 37 heavy (non-hydrogen) atoms. The molecule has 0 aliphatic carbocycles. The molecule has 1 aliphatic rings. The van der Waals surface area contributed by atoms with Gasteiger partial charge >= 0.3 is 5.97 Å². The normalized spacial score (nSPS) is 15.2. The molecule has 0 fully saturated rings. The third-order valence-corrected chi connectivity index (χ3v) is 6.71. The van der Waals surface area contributed by atoms with Crippen LogP contribution in [-0.2, 0) is 35.5 Å². The molecule has 0 saturated carbocycles. The first-order valence-corrected chi connectivity index (χ1v) is 12.8. The van der Waals surface area contributed by atoms with Crippen molar-refractivity contribution in [2.75, 3.05) is 13.2 Å². The Labute approximate surface area is 217 Å². The first kappa shape index (κ1) is 24.8. The molecule has 5 rings (SSSR count). The second-order valence-electron chi connectivity index (χ2n) is 9.28. The topological polar surface area (TPSA) is 64.8 Å². The lowest BCUT2D eigenvalue weighted by molar-refractivity contribution is -0.150.